The van der Waals surface area contributed by atoms with Crippen LogP contribution in [-0.2, 0) is 14.3 Å². The Morgan fingerprint density at radius 3 is 2.10 bits per heavy atom. The van der Waals surface area contributed by atoms with Gasteiger partial charge in [0.1, 0.15) is 0 Å². The third-order valence-electron chi connectivity index (χ3n) is 5.86. The fourth-order valence-corrected chi connectivity index (χ4v) is 5.27. The molecule has 3 rings (SSSR count). The van der Waals surface area contributed by atoms with Gasteiger partial charge in [-0.2, -0.15) is 0 Å². The molecule has 0 N–H and O–H groups in total. The van der Waals surface area contributed by atoms with Gasteiger partial charge >= 0.3 is 5.97 Å². The topological polar surface area (TPSA) is 43.4 Å². The molecule has 0 radical (unpaired) electrons. The molecule has 0 unspecified atom stereocenters. The Labute approximate surface area is 178 Å². The molecule has 0 saturated heterocycles. The molecule has 2 aliphatic carbocycles. The van der Waals surface area contributed by atoms with Gasteiger partial charge in [0.25, 0.3) is 0 Å². The first-order valence-electron chi connectivity index (χ1n) is 10.3. The van der Waals surface area contributed by atoms with Crippen LogP contribution in [0.2, 0.25) is 0 Å². The van der Waals surface area contributed by atoms with E-state index >= 15 is 0 Å². The average molecular weight is 413 g/mol. The van der Waals surface area contributed by atoms with Crippen LogP contribution in [0.4, 0.5) is 0 Å². The third kappa shape index (κ3) is 3.79. The van der Waals surface area contributed by atoms with Gasteiger partial charge in [0, 0.05) is 27.4 Å². The van der Waals surface area contributed by atoms with E-state index in [0.29, 0.717) is 6.61 Å². The van der Waals surface area contributed by atoms with E-state index in [9.17, 15) is 9.59 Å². The molecule has 0 fully saturated rings. The lowest BCUT2D eigenvalue weighted by Gasteiger charge is -2.42. The van der Waals surface area contributed by atoms with Crippen LogP contribution in [0.1, 0.15) is 59.3 Å². The largest absolute Gasteiger partial charge is 0.466 e. The molecule has 1 aromatic rings. The summed E-state index contributed by atoms with van der Waals surface area (Å²) in [4.78, 5) is 27.7. The number of allylic oxidation sites excluding steroid dienone is 5. The van der Waals surface area contributed by atoms with E-state index in [1.54, 1.807) is 11.3 Å². The van der Waals surface area contributed by atoms with Crippen LogP contribution in [0, 0.1) is 22.2 Å². The summed E-state index contributed by atoms with van der Waals surface area (Å²) < 4.78 is 5.46. The summed E-state index contributed by atoms with van der Waals surface area (Å²) in [6, 6.07) is 4.15. The van der Waals surface area contributed by atoms with Crippen molar-refractivity contribution in [1.29, 1.82) is 0 Å². The van der Waals surface area contributed by atoms with Gasteiger partial charge in [-0.05, 0) is 29.2 Å². The Hall–Kier alpha value is -1.94. The van der Waals surface area contributed by atoms with Crippen molar-refractivity contribution >= 4 is 23.1 Å². The van der Waals surface area contributed by atoms with Crippen LogP contribution in [0.5, 0.6) is 0 Å². The van der Waals surface area contributed by atoms with E-state index in [2.05, 4.69) is 71.2 Å². The van der Waals surface area contributed by atoms with E-state index in [1.165, 1.54) is 4.88 Å². The van der Waals surface area contributed by atoms with Crippen molar-refractivity contribution in [3.05, 3.63) is 57.8 Å². The molecule has 1 spiro atoms. The summed E-state index contributed by atoms with van der Waals surface area (Å²) in [5.74, 6) is -0.585. The molecule has 29 heavy (non-hydrogen) atoms. The van der Waals surface area contributed by atoms with E-state index in [-0.39, 0.29) is 28.5 Å². The van der Waals surface area contributed by atoms with Crippen molar-refractivity contribution in [3.8, 4) is 0 Å². The second-order valence-corrected chi connectivity index (χ2v) is 11.0. The number of ketones is 1. The average Bonchev–Trinajstić information content (AvgIpc) is 3.23. The Morgan fingerprint density at radius 1 is 1.07 bits per heavy atom. The summed E-state index contributed by atoms with van der Waals surface area (Å²) in [7, 11) is 0. The first-order valence-corrected chi connectivity index (χ1v) is 11.2. The smallest absolute Gasteiger partial charge is 0.314 e. The van der Waals surface area contributed by atoms with Crippen LogP contribution in [0.3, 0.4) is 0 Å². The minimum Gasteiger partial charge on any atom is -0.466 e. The highest BCUT2D eigenvalue weighted by Crippen LogP contribution is 2.57. The van der Waals surface area contributed by atoms with Crippen LogP contribution < -0.4 is 0 Å². The van der Waals surface area contributed by atoms with E-state index in [1.807, 2.05) is 19.1 Å². The fraction of sp³-hybridized carbons (Fsp3) is 0.520. The Kier molecular flexibility index (Phi) is 5.55. The van der Waals surface area contributed by atoms with Gasteiger partial charge in [-0.3, -0.25) is 9.59 Å². The summed E-state index contributed by atoms with van der Waals surface area (Å²) in [6.07, 6.45) is 8.26. The maximum Gasteiger partial charge on any atom is 0.314 e. The zero-order valence-electron chi connectivity index (χ0n) is 18.5. The normalized spacial score (nSPS) is 23.9. The minimum absolute atomic E-state index is 0.000272. The quantitative estimate of drug-likeness (QED) is 0.445. The minimum atomic E-state index is -0.629. The van der Waals surface area contributed by atoms with E-state index in [4.69, 9.17) is 4.74 Å². The van der Waals surface area contributed by atoms with Crippen molar-refractivity contribution < 1.29 is 14.3 Å². The van der Waals surface area contributed by atoms with Gasteiger partial charge in [0.05, 0.1) is 12.5 Å². The molecule has 1 heterocycles. The molecule has 4 heteroatoms. The summed E-state index contributed by atoms with van der Waals surface area (Å²) in [5, 5.41) is 2.06. The fourth-order valence-electron chi connectivity index (χ4n) is 4.36. The molecule has 156 valence electrons. The highest BCUT2D eigenvalue weighted by atomic mass is 32.1. The van der Waals surface area contributed by atoms with Gasteiger partial charge in [0.15, 0.2) is 5.78 Å². The number of ether oxygens (including phenoxy) is 1. The molecule has 2 atom stereocenters. The number of esters is 1. The first kappa shape index (κ1) is 21.8. The number of carbonyl (C=O) groups is 2. The SMILES string of the molecule is CCOC(=O)[C@H]1C=C[C@@H](c2cccs2)C12C=C(C(C)(C)C)C(=O)C(C(C)(C)C)=C2. The van der Waals surface area contributed by atoms with Crippen LogP contribution >= 0.6 is 11.3 Å². The molecule has 0 aromatic carbocycles. The number of Topliss-reactive ketones (excluding diaryl/α,β-unsaturated/α-hetero) is 1. The lowest BCUT2D eigenvalue weighted by Crippen LogP contribution is -2.40. The van der Waals surface area contributed by atoms with Gasteiger partial charge in [-0.15, -0.1) is 11.3 Å². The third-order valence-corrected chi connectivity index (χ3v) is 6.81. The molecule has 0 amide bonds. The molecule has 0 saturated carbocycles. The molecule has 2 aliphatic rings. The number of thiophene rings is 1. The van der Waals surface area contributed by atoms with E-state index in [0.717, 1.165) is 11.1 Å². The van der Waals surface area contributed by atoms with Crippen molar-refractivity contribution in [2.75, 3.05) is 6.61 Å². The lowest BCUT2D eigenvalue weighted by molar-refractivity contribution is -0.148. The second-order valence-electron chi connectivity index (χ2n) is 10.1. The highest BCUT2D eigenvalue weighted by Gasteiger charge is 2.53. The van der Waals surface area contributed by atoms with Gasteiger partial charge in [0.2, 0.25) is 0 Å². The maximum atomic E-state index is 13.5. The van der Waals surface area contributed by atoms with E-state index < -0.39 is 11.3 Å². The zero-order valence-corrected chi connectivity index (χ0v) is 19.4. The maximum absolute atomic E-state index is 13.5. The predicted molar refractivity (Wildman–Crippen MR) is 119 cm³/mol. The predicted octanol–water partition coefficient (Wildman–Crippen LogP) is 6.09. The monoisotopic (exact) mass is 412 g/mol. The number of hydrogen-bond acceptors (Lipinski definition) is 4. The lowest BCUT2D eigenvalue weighted by atomic mass is 9.60. The molecule has 1 aromatic heterocycles. The van der Waals surface area contributed by atoms with Gasteiger partial charge < -0.3 is 4.74 Å². The molecule has 0 bridgehead atoms. The molecule has 0 aliphatic heterocycles. The van der Waals surface area contributed by atoms with Crippen LogP contribution in [-0.4, -0.2) is 18.4 Å². The van der Waals surface area contributed by atoms with Crippen LogP contribution in [0.15, 0.2) is 53.0 Å². The second kappa shape index (κ2) is 7.39. The number of rotatable bonds is 3. The standard InChI is InChI=1S/C25H32O3S/c1-8-28-22(27)17-12-11-16(20-10-9-13-29-20)25(17)14-18(23(2,3)4)21(26)19(15-25)24(5,6)7/h9-17H,8H2,1-7H3/t16-,17+/m0/s1. The first-order chi connectivity index (χ1) is 13.4. The highest BCUT2D eigenvalue weighted by molar-refractivity contribution is 7.10. The number of carbonyl (C=O) groups excluding carboxylic acids is 2. The van der Waals surface area contributed by atoms with Gasteiger partial charge in [-0.1, -0.05) is 71.9 Å². The zero-order chi connectivity index (χ0) is 21.6. The number of hydrogen-bond donors (Lipinski definition) is 0. The molecule has 3 nitrogen and oxygen atoms in total. The van der Waals surface area contributed by atoms with Crippen LogP contribution in [0.25, 0.3) is 0 Å². The Morgan fingerprint density at radius 2 is 1.66 bits per heavy atom. The summed E-state index contributed by atoms with van der Waals surface area (Å²) >= 11 is 1.69. The Bertz CT molecular complexity index is 851. The van der Waals surface area contributed by atoms with Crippen molar-refractivity contribution in [2.45, 2.75) is 54.4 Å². The molecular weight excluding hydrogens is 380 g/mol. The van der Waals surface area contributed by atoms with Crippen molar-refractivity contribution in [2.24, 2.45) is 22.2 Å². The van der Waals surface area contributed by atoms with Crippen molar-refractivity contribution in [3.63, 3.8) is 0 Å². The van der Waals surface area contributed by atoms with Crippen molar-refractivity contribution in [1.82, 2.24) is 0 Å². The Balaban J connectivity index is 2.29. The summed E-state index contributed by atoms with van der Waals surface area (Å²) in [6.45, 7) is 14.6. The summed E-state index contributed by atoms with van der Waals surface area (Å²) in [5.41, 5.74) is 0.290. The molecular formula is C25H32O3S. The van der Waals surface area contributed by atoms with Gasteiger partial charge in [-0.25, -0.2) is 0 Å².